The molecule has 2 rings (SSSR count). The molecule has 0 saturated carbocycles. The van der Waals surface area contributed by atoms with E-state index in [0.717, 1.165) is 18.9 Å². The van der Waals surface area contributed by atoms with Crippen LogP contribution < -0.4 is 5.32 Å². The van der Waals surface area contributed by atoms with Crippen LogP contribution in [0.4, 0.5) is 0 Å². The molecule has 0 unspecified atom stereocenters. The second-order valence-corrected chi connectivity index (χ2v) is 4.59. The van der Waals surface area contributed by atoms with Crippen molar-refractivity contribution in [1.29, 1.82) is 0 Å². The predicted molar refractivity (Wildman–Crippen MR) is 65.3 cm³/mol. The molecule has 0 saturated heterocycles. The van der Waals surface area contributed by atoms with Crippen LogP contribution in [-0.4, -0.2) is 14.8 Å². The van der Waals surface area contributed by atoms with Gasteiger partial charge in [-0.2, -0.15) is 5.10 Å². The van der Waals surface area contributed by atoms with Crippen LogP contribution >= 0.6 is 11.3 Å². The van der Waals surface area contributed by atoms with Crippen LogP contribution in [0.15, 0.2) is 23.8 Å². The molecule has 2 heterocycles. The van der Waals surface area contributed by atoms with Crippen LogP contribution in [0.1, 0.15) is 30.6 Å². The van der Waals surface area contributed by atoms with Crippen molar-refractivity contribution in [2.75, 3.05) is 0 Å². The van der Waals surface area contributed by atoms with Gasteiger partial charge < -0.3 is 5.32 Å². The number of hydrogen-bond acceptors (Lipinski definition) is 4. The van der Waals surface area contributed by atoms with Gasteiger partial charge in [-0.05, 0) is 25.3 Å². The van der Waals surface area contributed by atoms with Crippen LogP contribution in [0.3, 0.4) is 0 Å². The van der Waals surface area contributed by atoms with Crippen molar-refractivity contribution in [3.63, 3.8) is 0 Å². The third kappa shape index (κ3) is 2.48. The lowest BCUT2D eigenvalue weighted by Crippen LogP contribution is -2.20. The fourth-order valence-electron chi connectivity index (χ4n) is 1.57. The van der Waals surface area contributed by atoms with Gasteiger partial charge in [0.15, 0.2) is 0 Å². The van der Waals surface area contributed by atoms with Gasteiger partial charge in [0.1, 0.15) is 12.2 Å². The summed E-state index contributed by atoms with van der Waals surface area (Å²) in [5.41, 5.74) is 0. The van der Waals surface area contributed by atoms with E-state index in [1.165, 1.54) is 4.88 Å². The van der Waals surface area contributed by atoms with Crippen molar-refractivity contribution in [2.24, 2.45) is 0 Å². The average molecular weight is 236 g/mol. The summed E-state index contributed by atoms with van der Waals surface area (Å²) < 4.78 is 1.91. The van der Waals surface area contributed by atoms with E-state index in [9.17, 15) is 0 Å². The fraction of sp³-hybridized carbons (Fsp3) is 0.455. The van der Waals surface area contributed by atoms with E-state index in [2.05, 4.69) is 46.8 Å². The van der Waals surface area contributed by atoms with Gasteiger partial charge in [-0.25, -0.2) is 9.67 Å². The van der Waals surface area contributed by atoms with Crippen molar-refractivity contribution < 1.29 is 0 Å². The first-order valence-corrected chi connectivity index (χ1v) is 6.32. The van der Waals surface area contributed by atoms with E-state index in [4.69, 9.17) is 0 Å². The molecular weight excluding hydrogens is 220 g/mol. The van der Waals surface area contributed by atoms with E-state index in [1.54, 1.807) is 17.7 Å². The smallest absolute Gasteiger partial charge is 0.140 e. The Morgan fingerprint density at radius 3 is 3.12 bits per heavy atom. The number of thiophene rings is 1. The zero-order chi connectivity index (χ0) is 11.4. The maximum atomic E-state index is 4.23. The van der Waals surface area contributed by atoms with Crippen LogP contribution in [0.2, 0.25) is 0 Å². The predicted octanol–water partition coefficient (Wildman–Crippen LogP) is 2.21. The van der Waals surface area contributed by atoms with E-state index in [0.29, 0.717) is 6.04 Å². The van der Waals surface area contributed by atoms with Crippen LogP contribution in [0.5, 0.6) is 0 Å². The lowest BCUT2D eigenvalue weighted by Gasteiger charge is -2.11. The second kappa shape index (κ2) is 5.23. The highest BCUT2D eigenvalue weighted by Crippen LogP contribution is 2.18. The average Bonchev–Trinajstić information content (AvgIpc) is 2.96. The van der Waals surface area contributed by atoms with Crippen LogP contribution in [0.25, 0.3) is 0 Å². The van der Waals surface area contributed by atoms with Gasteiger partial charge >= 0.3 is 0 Å². The van der Waals surface area contributed by atoms with Gasteiger partial charge in [-0.3, -0.25) is 0 Å². The minimum Gasteiger partial charge on any atom is -0.302 e. The molecule has 0 aromatic carbocycles. The highest BCUT2D eigenvalue weighted by Gasteiger charge is 2.08. The fourth-order valence-corrected chi connectivity index (χ4v) is 2.33. The maximum Gasteiger partial charge on any atom is 0.140 e. The first-order valence-electron chi connectivity index (χ1n) is 5.44. The Bertz CT molecular complexity index is 421. The van der Waals surface area contributed by atoms with Gasteiger partial charge in [0.25, 0.3) is 0 Å². The summed E-state index contributed by atoms with van der Waals surface area (Å²) in [5.74, 6) is 0.992. The Morgan fingerprint density at radius 1 is 1.56 bits per heavy atom. The van der Waals surface area contributed by atoms with Gasteiger partial charge in [-0.1, -0.05) is 6.07 Å². The first kappa shape index (κ1) is 11.3. The lowest BCUT2D eigenvalue weighted by molar-refractivity contribution is 0.528. The number of nitrogens with zero attached hydrogens (tertiary/aromatic N) is 3. The van der Waals surface area contributed by atoms with E-state index in [-0.39, 0.29) is 0 Å². The van der Waals surface area contributed by atoms with Gasteiger partial charge in [0.05, 0.1) is 6.54 Å². The maximum absolute atomic E-state index is 4.23. The Labute approximate surface area is 99.3 Å². The summed E-state index contributed by atoms with van der Waals surface area (Å²) in [6.07, 6.45) is 1.61. The zero-order valence-corrected chi connectivity index (χ0v) is 10.4. The third-order valence-corrected chi connectivity index (χ3v) is 3.59. The van der Waals surface area contributed by atoms with E-state index >= 15 is 0 Å². The number of aromatic nitrogens is 3. The number of rotatable bonds is 5. The molecule has 0 aliphatic heterocycles. The monoisotopic (exact) mass is 236 g/mol. The molecule has 0 amide bonds. The quantitative estimate of drug-likeness (QED) is 0.865. The van der Waals surface area contributed by atoms with Crippen LogP contribution in [-0.2, 0) is 13.1 Å². The Morgan fingerprint density at radius 2 is 2.44 bits per heavy atom. The Balaban J connectivity index is 1.92. The third-order valence-electron chi connectivity index (χ3n) is 2.53. The minimum absolute atomic E-state index is 0.363. The normalized spacial score (nSPS) is 12.9. The molecule has 0 spiro atoms. The lowest BCUT2D eigenvalue weighted by atomic mass is 10.3. The molecule has 5 heteroatoms. The van der Waals surface area contributed by atoms with Crippen molar-refractivity contribution in [3.8, 4) is 0 Å². The molecule has 0 aliphatic rings. The highest BCUT2D eigenvalue weighted by molar-refractivity contribution is 7.10. The second-order valence-electron chi connectivity index (χ2n) is 3.61. The molecule has 4 nitrogen and oxygen atoms in total. The minimum atomic E-state index is 0.363. The summed E-state index contributed by atoms with van der Waals surface area (Å²) in [4.78, 5) is 5.58. The molecule has 0 bridgehead atoms. The topological polar surface area (TPSA) is 42.7 Å². The Kier molecular flexibility index (Phi) is 3.69. The molecule has 2 aromatic rings. The van der Waals surface area contributed by atoms with Crippen molar-refractivity contribution in [3.05, 3.63) is 34.5 Å². The molecule has 0 radical (unpaired) electrons. The molecule has 2 aromatic heterocycles. The van der Waals surface area contributed by atoms with Crippen molar-refractivity contribution in [1.82, 2.24) is 20.1 Å². The number of hydrogen-bond donors (Lipinski definition) is 1. The van der Waals surface area contributed by atoms with Crippen molar-refractivity contribution in [2.45, 2.75) is 33.0 Å². The summed E-state index contributed by atoms with van der Waals surface area (Å²) in [7, 11) is 0. The summed E-state index contributed by atoms with van der Waals surface area (Å²) >= 11 is 1.77. The molecule has 0 fully saturated rings. The molecule has 1 atom stereocenters. The summed E-state index contributed by atoms with van der Waals surface area (Å²) in [6, 6.07) is 4.58. The first-order chi connectivity index (χ1) is 7.81. The zero-order valence-electron chi connectivity index (χ0n) is 9.55. The van der Waals surface area contributed by atoms with Crippen molar-refractivity contribution >= 4 is 11.3 Å². The van der Waals surface area contributed by atoms with E-state index < -0.39 is 0 Å². The Hall–Kier alpha value is -1.20. The molecule has 86 valence electrons. The standard InChI is InChI=1S/C11H16N4S/c1-3-15-11(13-8-14-15)7-12-9(2)10-5-4-6-16-10/h4-6,8-9,12H,3,7H2,1-2H3/t9-/m1/s1. The molecule has 0 aliphatic carbocycles. The summed E-state index contributed by atoms with van der Waals surface area (Å²) in [5, 5.41) is 9.69. The van der Waals surface area contributed by atoms with Gasteiger partial charge in [0.2, 0.25) is 0 Å². The van der Waals surface area contributed by atoms with Gasteiger partial charge in [-0.15, -0.1) is 11.3 Å². The molecular formula is C11H16N4S. The molecule has 16 heavy (non-hydrogen) atoms. The summed E-state index contributed by atoms with van der Waals surface area (Å²) in [6.45, 7) is 5.86. The number of nitrogens with one attached hydrogen (secondary N) is 1. The SMILES string of the molecule is CCn1ncnc1CN[C@H](C)c1cccs1. The van der Waals surface area contributed by atoms with Gasteiger partial charge in [0, 0.05) is 17.5 Å². The van der Waals surface area contributed by atoms with Crippen LogP contribution in [0, 0.1) is 0 Å². The number of aryl methyl sites for hydroxylation is 1. The van der Waals surface area contributed by atoms with E-state index in [1.807, 2.05) is 4.68 Å². The largest absolute Gasteiger partial charge is 0.302 e. The highest BCUT2D eigenvalue weighted by atomic mass is 32.1. The molecule has 1 N–H and O–H groups in total.